The first-order chi connectivity index (χ1) is 11.4. The summed E-state index contributed by atoms with van der Waals surface area (Å²) in [5, 5.41) is 14.6. The average molecular weight is 390 g/mol. The standard InChI is InChI=1S/C17H16BrN3O3/c1-11-3-4-13(7-12(11)2)8-17(22)20-19-10-14-5-6-15(21(23)24)9-16(14)18/h3-7,9-10H,8H2,1-2H3,(H,20,22)/b19-10-. The molecule has 0 aliphatic rings. The summed E-state index contributed by atoms with van der Waals surface area (Å²) in [6, 6.07) is 10.2. The van der Waals surface area contributed by atoms with Gasteiger partial charge in [0.2, 0.25) is 5.91 Å². The number of aryl methyl sites for hydroxylation is 2. The second-order valence-corrected chi connectivity index (χ2v) is 6.21. The number of non-ortho nitro benzene ring substituents is 1. The number of carbonyl (C=O) groups excluding carboxylic acids is 1. The van der Waals surface area contributed by atoms with E-state index in [1.165, 1.54) is 23.9 Å². The Bertz CT molecular complexity index is 819. The molecule has 0 aliphatic carbocycles. The van der Waals surface area contributed by atoms with Crippen LogP contribution in [0.5, 0.6) is 0 Å². The van der Waals surface area contributed by atoms with Gasteiger partial charge in [-0.3, -0.25) is 14.9 Å². The Morgan fingerprint density at radius 3 is 2.62 bits per heavy atom. The molecule has 2 rings (SSSR count). The van der Waals surface area contributed by atoms with Gasteiger partial charge in [-0.15, -0.1) is 0 Å². The van der Waals surface area contributed by atoms with Crippen molar-refractivity contribution in [2.24, 2.45) is 5.10 Å². The van der Waals surface area contributed by atoms with E-state index in [2.05, 4.69) is 26.5 Å². The Labute approximate surface area is 147 Å². The molecule has 0 unspecified atom stereocenters. The van der Waals surface area contributed by atoms with E-state index in [9.17, 15) is 14.9 Å². The van der Waals surface area contributed by atoms with Crippen molar-refractivity contribution in [3.05, 3.63) is 73.2 Å². The molecule has 0 saturated heterocycles. The fraction of sp³-hybridized carbons (Fsp3) is 0.176. The van der Waals surface area contributed by atoms with Gasteiger partial charge in [0.05, 0.1) is 17.6 Å². The Kier molecular flexibility index (Phi) is 5.81. The Morgan fingerprint density at radius 1 is 1.25 bits per heavy atom. The van der Waals surface area contributed by atoms with Gasteiger partial charge in [-0.1, -0.05) is 18.2 Å². The maximum atomic E-state index is 11.9. The van der Waals surface area contributed by atoms with Gasteiger partial charge in [0.1, 0.15) is 0 Å². The Morgan fingerprint density at radius 2 is 2.00 bits per heavy atom. The van der Waals surface area contributed by atoms with E-state index in [0.29, 0.717) is 10.0 Å². The summed E-state index contributed by atoms with van der Waals surface area (Å²) < 4.78 is 0.531. The summed E-state index contributed by atoms with van der Waals surface area (Å²) in [6.45, 7) is 4.02. The molecule has 0 bridgehead atoms. The topological polar surface area (TPSA) is 84.6 Å². The minimum absolute atomic E-state index is 0.0159. The van der Waals surface area contributed by atoms with Gasteiger partial charge in [-0.25, -0.2) is 5.43 Å². The number of carbonyl (C=O) groups is 1. The molecule has 0 fully saturated rings. The monoisotopic (exact) mass is 389 g/mol. The van der Waals surface area contributed by atoms with Gasteiger partial charge in [0, 0.05) is 22.2 Å². The van der Waals surface area contributed by atoms with Gasteiger partial charge in [-0.2, -0.15) is 5.10 Å². The second kappa shape index (κ2) is 7.83. The first-order valence-electron chi connectivity index (χ1n) is 7.19. The summed E-state index contributed by atoms with van der Waals surface area (Å²) in [5.41, 5.74) is 6.31. The highest BCUT2D eigenvalue weighted by Gasteiger charge is 2.08. The fourth-order valence-corrected chi connectivity index (χ4v) is 2.52. The molecule has 2 aromatic rings. The quantitative estimate of drug-likeness (QED) is 0.480. The molecule has 1 N–H and O–H groups in total. The number of benzene rings is 2. The van der Waals surface area contributed by atoms with Crippen molar-refractivity contribution in [2.45, 2.75) is 20.3 Å². The number of nitrogens with one attached hydrogen (secondary N) is 1. The van der Waals surface area contributed by atoms with Crippen LogP contribution in [0.15, 0.2) is 46.0 Å². The van der Waals surface area contributed by atoms with Crippen molar-refractivity contribution < 1.29 is 9.72 Å². The molecule has 1 amide bonds. The lowest BCUT2D eigenvalue weighted by Gasteiger charge is -2.04. The third kappa shape index (κ3) is 4.73. The minimum Gasteiger partial charge on any atom is -0.273 e. The molecule has 0 aliphatic heterocycles. The van der Waals surface area contributed by atoms with Crippen molar-refractivity contribution >= 4 is 33.7 Å². The van der Waals surface area contributed by atoms with Crippen LogP contribution < -0.4 is 5.43 Å². The Hall–Kier alpha value is -2.54. The molecule has 7 heteroatoms. The smallest absolute Gasteiger partial charge is 0.270 e. The van der Waals surface area contributed by atoms with Gasteiger partial charge >= 0.3 is 0 Å². The minimum atomic E-state index is -0.475. The van der Waals surface area contributed by atoms with E-state index in [1.54, 1.807) is 6.07 Å². The molecule has 0 spiro atoms. The molecule has 2 aromatic carbocycles. The number of hydrogen-bond acceptors (Lipinski definition) is 4. The van der Waals surface area contributed by atoms with Crippen LogP contribution in [0.25, 0.3) is 0 Å². The molecule has 24 heavy (non-hydrogen) atoms. The molecule has 0 saturated carbocycles. The maximum Gasteiger partial charge on any atom is 0.270 e. The highest BCUT2D eigenvalue weighted by molar-refractivity contribution is 9.10. The zero-order valence-electron chi connectivity index (χ0n) is 13.2. The van der Waals surface area contributed by atoms with Gasteiger partial charge in [0.15, 0.2) is 0 Å². The summed E-state index contributed by atoms with van der Waals surface area (Å²) >= 11 is 3.24. The molecule has 124 valence electrons. The van der Waals surface area contributed by atoms with E-state index < -0.39 is 4.92 Å². The number of hydrazone groups is 1. The van der Waals surface area contributed by atoms with Crippen LogP contribution in [0.4, 0.5) is 5.69 Å². The van der Waals surface area contributed by atoms with E-state index in [4.69, 9.17) is 0 Å². The first kappa shape index (κ1) is 17.8. The van der Waals surface area contributed by atoms with E-state index in [0.717, 1.165) is 11.1 Å². The number of nitro groups is 1. The third-order valence-corrected chi connectivity index (χ3v) is 4.21. The van der Waals surface area contributed by atoms with Crippen molar-refractivity contribution in [1.29, 1.82) is 0 Å². The summed E-state index contributed by atoms with van der Waals surface area (Å²) in [6.07, 6.45) is 1.67. The number of halogens is 1. The van der Waals surface area contributed by atoms with E-state index in [1.807, 2.05) is 32.0 Å². The Balaban J connectivity index is 1.97. The normalized spacial score (nSPS) is 10.8. The average Bonchev–Trinajstić information content (AvgIpc) is 2.52. The lowest BCUT2D eigenvalue weighted by atomic mass is 10.0. The second-order valence-electron chi connectivity index (χ2n) is 5.35. The highest BCUT2D eigenvalue weighted by Crippen LogP contribution is 2.21. The molecule has 0 heterocycles. The highest BCUT2D eigenvalue weighted by atomic mass is 79.9. The van der Waals surface area contributed by atoms with Crippen molar-refractivity contribution in [3.63, 3.8) is 0 Å². The van der Waals surface area contributed by atoms with Crippen LogP contribution in [0.2, 0.25) is 0 Å². The first-order valence-corrected chi connectivity index (χ1v) is 7.98. The fourth-order valence-electron chi connectivity index (χ4n) is 2.05. The van der Waals surface area contributed by atoms with E-state index in [-0.39, 0.29) is 18.0 Å². The number of nitrogens with zero attached hydrogens (tertiary/aromatic N) is 2. The van der Waals surface area contributed by atoms with Crippen LogP contribution in [0.1, 0.15) is 22.3 Å². The molecule has 6 nitrogen and oxygen atoms in total. The van der Waals surface area contributed by atoms with Crippen molar-refractivity contribution in [3.8, 4) is 0 Å². The molecule has 0 aromatic heterocycles. The SMILES string of the molecule is Cc1ccc(CC(=O)N/N=C\c2ccc([N+](=O)[O-])cc2Br)cc1C. The van der Waals surface area contributed by atoms with Crippen LogP contribution in [-0.4, -0.2) is 17.0 Å². The van der Waals surface area contributed by atoms with Crippen LogP contribution in [0.3, 0.4) is 0 Å². The summed E-state index contributed by atoms with van der Waals surface area (Å²) in [7, 11) is 0. The van der Waals surface area contributed by atoms with Crippen LogP contribution >= 0.6 is 15.9 Å². The van der Waals surface area contributed by atoms with Crippen molar-refractivity contribution in [2.75, 3.05) is 0 Å². The number of rotatable bonds is 5. The van der Waals surface area contributed by atoms with Crippen LogP contribution in [-0.2, 0) is 11.2 Å². The van der Waals surface area contributed by atoms with Crippen LogP contribution in [0, 0.1) is 24.0 Å². The van der Waals surface area contributed by atoms with E-state index >= 15 is 0 Å². The third-order valence-electron chi connectivity index (χ3n) is 3.52. The predicted octanol–water partition coefficient (Wildman–Crippen LogP) is 3.67. The maximum absolute atomic E-state index is 11.9. The molecule has 0 atom stereocenters. The van der Waals surface area contributed by atoms with Gasteiger partial charge in [-0.05, 0) is 52.5 Å². The predicted molar refractivity (Wildman–Crippen MR) is 96.2 cm³/mol. The molecular weight excluding hydrogens is 374 g/mol. The zero-order chi connectivity index (χ0) is 17.7. The number of nitro benzene ring substituents is 1. The zero-order valence-corrected chi connectivity index (χ0v) is 14.8. The van der Waals surface area contributed by atoms with Gasteiger partial charge < -0.3 is 0 Å². The van der Waals surface area contributed by atoms with Gasteiger partial charge in [0.25, 0.3) is 5.69 Å². The number of hydrogen-bond donors (Lipinski definition) is 1. The lowest BCUT2D eigenvalue weighted by Crippen LogP contribution is -2.19. The summed E-state index contributed by atoms with van der Waals surface area (Å²) in [5.74, 6) is -0.229. The molecular formula is C17H16BrN3O3. The number of amides is 1. The molecule has 0 radical (unpaired) electrons. The largest absolute Gasteiger partial charge is 0.273 e. The van der Waals surface area contributed by atoms with Crippen molar-refractivity contribution in [1.82, 2.24) is 5.43 Å². The summed E-state index contributed by atoms with van der Waals surface area (Å²) in [4.78, 5) is 22.1. The lowest BCUT2D eigenvalue weighted by molar-refractivity contribution is -0.384.